The highest BCUT2D eigenvalue weighted by atomic mass is 16.4. The Labute approximate surface area is 265 Å². The predicted molar refractivity (Wildman–Crippen MR) is 183 cm³/mol. The van der Waals surface area contributed by atoms with Gasteiger partial charge in [0.25, 0.3) is 0 Å². The number of hydrogen-bond acceptors (Lipinski definition) is 4. The van der Waals surface area contributed by atoms with Gasteiger partial charge in [0.15, 0.2) is 0 Å². The van der Waals surface area contributed by atoms with Gasteiger partial charge < -0.3 is 20.2 Å². The molecule has 0 saturated carbocycles. The highest BCUT2D eigenvalue weighted by Gasteiger charge is 2.27. The lowest BCUT2D eigenvalue weighted by Crippen LogP contribution is -2.18. The van der Waals surface area contributed by atoms with Crippen molar-refractivity contribution in [2.75, 3.05) is 0 Å². The molecular weight excluding hydrogens is 564 g/mol. The average Bonchev–Trinajstić information content (AvgIpc) is 3.63. The summed E-state index contributed by atoms with van der Waals surface area (Å²) in [7, 11) is 0. The molecule has 4 N–H and O–H groups in total. The first-order chi connectivity index (χ1) is 21.3. The monoisotopic (exact) mass is 610 g/mol. The van der Waals surface area contributed by atoms with E-state index in [4.69, 9.17) is 9.98 Å². The Morgan fingerprint density at radius 2 is 1.22 bits per heavy atom. The van der Waals surface area contributed by atoms with E-state index in [1.165, 1.54) is 0 Å². The second kappa shape index (κ2) is 13.3. The van der Waals surface area contributed by atoms with Gasteiger partial charge in [0.1, 0.15) is 0 Å². The van der Waals surface area contributed by atoms with Crippen LogP contribution in [-0.4, -0.2) is 43.5 Å². The van der Waals surface area contributed by atoms with Gasteiger partial charge in [-0.1, -0.05) is 34.3 Å². The second-order valence-corrected chi connectivity index (χ2v) is 12.0. The lowest BCUT2D eigenvalue weighted by atomic mass is 9.93. The van der Waals surface area contributed by atoms with Gasteiger partial charge in [-0.15, -0.1) is 0 Å². The van der Waals surface area contributed by atoms with E-state index in [0.717, 1.165) is 96.9 Å². The molecule has 0 aliphatic carbocycles. The number of aliphatic imine (C=N–C) groups is 2. The third kappa shape index (κ3) is 6.10. The van der Waals surface area contributed by atoms with Crippen molar-refractivity contribution in [3.8, 4) is 0 Å². The molecule has 0 saturated heterocycles. The van der Waals surface area contributed by atoms with Crippen LogP contribution in [0.5, 0.6) is 0 Å². The number of aliphatic carboxylic acids is 2. The summed E-state index contributed by atoms with van der Waals surface area (Å²) in [4.78, 5) is 40.6. The van der Waals surface area contributed by atoms with Gasteiger partial charge in [0, 0.05) is 22.1 Å². The smallest absolute Gasteiger partial charge is 0.311 e. The summed E-state index contributed by atoms with van der Waals surface area (Å²) >= 11 is 0. The highest BCUT2D eigenvalue weighted by Crippen LogP contribution is 2.36. The highest BCUT2D eigenvalue weighted by molar-refractivity contribution is 6.24. The number of aromatic amines is 2. The minimum atomic E-state index is -0.850. The zero-order valence-corrected chi connectivity index (χ0v) is 28.0. The fraction of sp³-hybridized carbons (Fsp3) is 0.405. The Balaban J connectivity index is 1.79. The van der Waals surface area contributed by atoms with Gasteiger partial charge >= 0.3 is 11.9 Å². The average molecular weight is 611 g/mol. The van der Waals surface area contributed by atoms with Crippen molar-refractivity contribution in [2.24, 2.45) is 9.98 Å². The fourth-order valence-corrected chi connectivity index (χ4v) is 6.84. The molecule has 0 radical (unpaired) electrons. The summed E-state index contributed by atoms with van der Waals surface area (Å²) in [6.45, 7) is 22.1. The number of carboxylic acids is 2. The zero-order valence-electron chi connectivity index (χ0n) is 28.0. The number of carbonyl (C=O) groups is 2. The first-order valence-corrected chi connectivity index (χ1v) is 15.8. The van der Waals surface area contributed by atoms with E-state index in [-0.39, 0.29) is 0 Å². The molecule has 4 rings (SSSR count). The molecule has 4 heterocycles. The van der Waals surface area contributed by atoms with Crippen LogP contribution in [0.15, 0.2) is 49.7 Å². The molecule has 0 amide bonds. The minimum Gasteiger partial charge on any atom is -0.481 e. The van der Waals surface area contributed by atoms with Crippen LogP contribution < -0.4 is 10.7 Å². The Morgan fingerprint density at radius 1 is 0.733 bits per heavy atom. The van der Waals surface area contributed by atoms with Crippen LogP contribution in [0, 0.1) is 20.8 Å². The van der Waals surface area contributed by atoms with Gasteiger partial charge in [0.05, 0.1) is 34.7 Å². The Kier molecular flexibility index (Phi) is 9.86. The van der Waals surface area contributed by atoms with Gasteiger partial charge in [0.2, 0.25) is 0 Å². The molecule has 2 aliphatic heterocycles. The molecule has 0 aromatic carbocycles. The third-order valence-electron chi connectivity index (χ3n) is 9.38. The lowest BCUT2D eigenvalue weighted by Gasteiger charge is -2.11. The van der Waals surface area contributed by atoms with Crippen LogP contribution in [0.1, 0.15) is 113 Å². The maximum atomic E-state index is 11.9. The van der Waals surface area contributed by atoms with Crippen LogP contribution in [-0.2, 0) is 9.59 Å². The predicted octanol–water partition coefficient (Wildman–Crippen LogP) is 6.90. The van der Waals surface area contributed by atoms with Crippen LogP contribution in [0.3, 0.4) is 0 Å². The summed E-state index contributed by atoms with van der Waals surface area (Å²) in [5, 5.41) is 21.0. The number of carboxylic acid groups (broad SMARTS) is 2. The minimum absolute atomic E-state index is 0.486. The molecule has 238 valence electrons. The summed E-state index contributed by atoms with van der Waals surface area (Å²) in [5.41, 5.74) is 13.1. The zero-order chi connectivity index (χ0) is 33.3. The van der Waals surface area contributed by atoms with Gasteiger partial charge in [-0.05, 0) is 123 Å². The maximum Gasteiger partial charge on any atom is 0.311 e. The van der Waals surface area contributed by atoms with Crippen LogP contribution >= 0.6 is 0 Å². The number of rotatable bonds is 11. The largest absolute Gasteiger partial charge is 0.481 e. The number of aryl methyl sites for hydroxylation is 1. The van der Waals surface area contributed by atoms with Crippen molar-refractivity contribution in [1.29, 1.82) is 0 Å². The van der Waals surface area contributed by atoms with Crippen molar-refractivity contribution >= 4 is 42.1 Å². The molecule has 8 heteroatoms. The standard InChI is InChI=1S/C37H46N4O4/c1-11-24-18(5)28(15-30-20(7)34(22(9)38-30)26(13-3)36(42)43)40-32(24)16-29-19(6)25(12-2)33(41-29)17-31-21(8)35(23(10)39-31)27(14-4)37(44)45/h15-17,26-27,38-39H,9,11-14H2,1-8,10H3,(H,42,43)(H,44,45)/b30-15?,32-16-,33-17-. The quantitative estimate of drug-likeness (QED) is 0.220. The van der Waals surface area contributed by atoms with Crippen molar-refractivity contribution in [2.45, 2.75) is 99.8 Å². The number of H-pyrrole nitrogens is 2. The van der Waals surface area contributed by atoms with E-state index in [1.807, 2.05) is 46.8 Å². The van der Waals surface area contributed by atoms with E-state index in [0.29, 0.717) is 18.2 Å². The molecule has 0 fully saturated rings. The summed E-state index contributed by atoms with van der Waals surface area (Å²) < 4.78 is 0. The molecule has 2 unspecified atom stereocenters. The van der Waals surface area contributed by atoms with Crippen molar-refractivity contribution in [3.05, 3.63) is 84.1 Å². The molecule has 2 aromatic heterocycles. The SMILES string of the molecule is C=c1[nH]c(=CC2=N/C(=C\C3=NC(=C\c4[nH]c(C)c(C(CC)C(=O)O)c4C)/C(CC)=C3C)C(CC)=C2C)c(C)c1C(CC)C(=O)O. The molecule has 2 atom stereocenters. The summed E-state index contributed by atoms with van der Waals surface area (Å²) in [6, 6.07) is 0. The summed E-state index contributed by atoms with van der Waals surface area (Å²) in [5.74, 6) is -2.82. The van der Waals surface area contributed by atoms with Gasteiger partial charge in [-0.2, -0.15) is 0 Å². The molecule has 45 heavy (non-hydrogen) atoms. The molecule has 0 bridgehead atoms. The molecule has 0 spiro atoms. The topological polar surface area (TPSA) is 131 Å². The molecule has 8 nitrogen and oxygen atoms in total. The van der Waals surface area contributed by atoms with Crippen LogP contribution in [0.4, 0.5) is 0 Å². The van der Waals surface area contributed by atoms with Gasteiger partial charge in [-0.25, -0.2) is 9.98 Å². The number of hydrogen-bond donors (Lipinski definition) is 4. The Bertz CT molecular complexity index is 1870. The number of nitrogens with one attached hydrogen (secondary N) is 2. The first-order valence-electron chi connectivity index (χ1n) is 15.8. The second-order valence-electron chi connectivity index (χ2n) is 12.0. The number of nitrogens with zero attached hydrogens (tertiary/aromatic N) is 2. The normalized spacial score (nSPS) is 18.8. The van der Waals surface area contributed by atoms with Crippen molar-refractivity contribution in [1.82, 2.24) is 9.97 Å². The number of allylic oxidation sites excluding steroid dienone is 5. The van der Waals surface area contributed by atoms with E-state index in [2.05, 4.69) is 50.3 Å². The van der Waals surface area contributed by atoms with Crippen molar-refractivity contribution < 1.29 is 19.8 Å². The van der Waals surface area contributed by atoms with E-state index < -0.39 is 23.8 Å². The molecule has 2 aromatic rings. The molecule has 2 aliphatic rings. The Hall–Kier alpha value is -4.46. The van der Waals surface area contributed by atoms with E-state index >= 15 is 0 Å². The number of aromatic nitrogens is 2. The van der Waals surface area contributed by atoms with Gasteiger partial charge in [-0.3, -0.25) is 9.59 Å². The molecular formula is C37H46N4O4. The first kappa shape index (κ1) is 33.4. The lowest BCUT2D eigenvalue weighted by molar-refractivity contribution is -0.139. The van der Waals surface area contributed by atoms with E-state index in [1.54, 1.807) is 0 Å². The van der Waals surface area contributed by atoms with Crippen LogP contribution in [0.25, 0.3) is 18.7 Å². The van der Waals surface area contributed by atoms with Crippen molar-refractivity contribution in [3.63, 3.8) is 0 Å². The third-order valence-corrected chi connectivity index (χ3v) is 9.38. The fourth-order valence-electron chi connectivity index (χ4n) is 6.84. The van der Waals surface area contributed by atoms with Crippen LogP contribution in [0.2, 0.25) is 0 Å². The summed E-state index contributed by atoms with van der Waals surface area (Å²) in [6.07, 6.45) is 8.70. The van der Waals surface area contributed by atoms with E-state index in [9.17, 15) is 19.8 Å². The maximum absolute atomic E-state index is 11.9. The Morgan fingerprint density at radius 3 is 1.71 bits per heavy atom.